The van der Waals surface area contributed by atoms with Crippen molar-refractivity contribution in [3.63, 3.8) is 0 Å². The van der Waals surface area contributed by atoms with E-state index in [1.54, 1.807) is 0 Å². The summed E-state index contributed by atoms with van der Waals surface area (Å²) in [5.74, 6) is 2.28. The van der Waals surface area contributed by atoms with Gasteiger partial charge in [0.05, 0.1) is 13.2 Å². The summed E-state index contributed by atoms with van der Waals surface area (Å²) >= 11 is 3.48. The Hall–Kier alpha value is -0.740. The van der Waals surface area contributed by atoms with Gasteiger partial charge in [-0.05, 0) is 18.4 Å². The number of halogens is 1. The summed E-state index contributed by atoms with van der Waals surface area (Å²) in [4.78, 5) is 0. The molecule has 1 rings (SSSR count). The Morgan fingerprint density at radius 1 is 1.10 bits per heavy atom. The van der Waals surface area contributed by atoms with Crippen LogP contribution in [0.25, 0.3) is 0 Å². The SMILES string of the molecule is CCCOc1ccc(CBr)c(OCCOCC(C)C)c1. The first-order chi connectivity index (χ1) is 9.67. The molecule has 0 aliphatic rings. The van der Waals surface area contributed by atoms with Crippen LogP contribution < -0.4 is 9.47 Å². The van der Waals surface area contributed by atoms with Crippen LogP contribution in [0.5, 0.6) is 11.5 Å². The van der Waals surface area contributed by atoms with Crippen molar-refractivity contribution >= 4 is 15.9 Å². The first-order valence-corrected chi connectivity index (χ1v) is 8.31. The van der Waals surface area contributed by atoms with Crippen LogP contribution in [-0.4, -0.2) is 26.4 Å². The van der Waals surface area contributed by atoms with Crippen molar-refractivity contribution in [2.45, 2.75) is 32.5 Å². The Balaban J connectivity index is 2.48. The second-order valence-electron chi connectivity index (χ2n) is 5.07. The molecule has 0 fully saturated rings. The summed E-state index contributed by atoms with van der Waals surface area (Å²) in [6.45, 7) is 9.04. The standard InChI is InChI=1S/C16H25BrO3/c1-4-7-19-15-6-5-14(11-17)16(10-15)20-9-8-18-12-13(2)3/h5-6,10,13H,4,7-9,11-12H2,1-3H3. The van der Waals surface area contributed by atoms with Gasteiger partial charge >= 0.3 is 0 Å². The lowest BCUT2D eigenvalue weighted by molar-refractivity contribution is 0.0816. The van der Waals surface area contributed by atoms with Gasteiger partial charge < -0.3 is 14.2 Å². The van der Waals surface area contributed by atoms with Crippen LogP contribution in [0.4, 0.5) is 0 Å². The van der Waals surface area contributed by atoms with Gasteiger partial charge in [0.25, 0.3) is 0 Å². The van der Waals surface area contributed by atoms with Gasteiger partial charge in [-0.1, -0.05) is 42.8 Å². The van der Waals surface area contributed by atoms with Crippen LogP contribution in [0.3, 0.4) is 0 Å². The molecule has 1 aromatic carbocycles. The summed E-state index contributed by atoms with van der Waals surface area (Å²) < 4.78 is 16.9. The molecule has 0 amide bonds. The van der Waals surface area contributed by atoms with Crippen LogP contribution in [0, 0.1) is 5.92 Å². The van der Waals surface area contributed by atoms with E-state index in [0.717, 1.165) is 42.0 Å². The fourth-order valence-electron chi connectivity index (χ4n) is 1.62. The minimum Gasteiger partial charge on any atom is -0.493 e. The third kappa shape index (κ3) is 6.62. The molecule has 0 aliphatic heterocycles. The highest BCUT2D eigenvalue weighted by Crippen LogP contribution is 2.26. The zero-order chi connectivity index (χ0) is 14.8. The second-order valence-corrected chi connectivity index (χ2v) is 5.63. The van der Waals surface area contributed by atoms with Gasteiger partial charge in [-0.2, -0.15) is 0 Å². The fourth-order valence-corrected chi connectivity index (χ4v) is 2.08. The molecule has 20 heavy (non-hydrogen) atoms. The number of ether oxygens (including phenoxy) is 3. The molecule has 0 saturated heterocycles. The van der Waals surface area contributed by atoms with E-state index in [0.29, 0.717) is 19.1 Å². The number of alkyl halides is 1. The Morgan fingerprint density at radius 2 is 1.90 bits per heavy atom. The van der Waals surface area contributed by atoms with Crippen LogP contribution in [0.2, 0.25) is 0 Å². The molecule has 4 heteroatoms. The van der Waals surface area contributed by atoms with Crippen molar-refractivity contribution in [2.24, 2.45) is 5.92 Å². The van der Waals surface area contributed by atoms with E-state index in [2.05, 4.69) is 36.7 Å². The van der Waals surface area contributed by atoms with Crippen molar-refractivity contribution in [3.8, 4) is 11.5 Å². The molecule has 0 N–H and O–H groups in total. The molecule has 0 aromatic heterocycles. The number of hydrogen-bond donors (Lipinski definition) is 0. The summed E-state index contributed by atoms with van der Waals surface area (Å²) in [5, 5.41) is 0.767. The number of benzene rings is 1. The van der Waals surface area contributed by atoms with Crippen molar-refractivity contribution in [2.75, 3.05) is 26.4 Å². The van der Waals surface area contributed by atoms with Crippen LogP contribution in [-0.2, 0) is 10.1 Å². The Bertz CT molecular complexity index is 380. The minimum atomic E-state index is 0.555. The van der Waals surface area contributed by atoms with Crippen molar-refractivity contribution in [1.82, 2.24) is 0 Å². The number of hydrogen-bond acceptors (Lipinski definition) is 3. The zero-order valence-corrected chi connectivity index (χ0v) is 14.2. The highest BCUT2D eigenvalue weighted by molar-refractivity contribution is 9.08. The monoisotopic (exact) mass is 344 g/mol. The molecule has 0 radical (unpaired) electrons. The normalized spacial score (nSPS) is 10.8. The first-order valence-electron chi connectivity index (χ1n) is 7.19. The van der Waals surface area contributed by atoms with Gasteiger partial charge in [-0.25, -0.2) is 0 Å². The van der Waals surface area contributed by atoms with Gasteiger partial charge in [0.1, 0.15) is 18.1 Å². The average molecular weight is 345 g/mol. The topological polar surface area (TPSA) is 27.7 Å². The van der Waals surface area contributed by atoms with E-state index in [4.69, 9.17) is 14.2 Å². The molecular formula is C16H25BrO3. The van der Waals surface area contributed by atoms with Crippen LogP contribution in [0.15, 0.2) is 18.2 Å². The Kier molecular flexibility index (Phi) is 8.70. The highest BCUT2D eigenvalue weighted by atomic mass is 79.9. The molecule has 0 aliphatic carbocycles. The zero-order valence-electron chi connectivity index (χ0n) is 12.7. The third-order valence-corrected chi connectivity index (χ3v) is 3.20. The van der Waals surface area contributed by atoms with Crippen LogP contribution >= 0.6 is 15.9 Å². The maximum Gasteiger partial charge on any atom is 0.127 e. The quantitative estimate of drug-likeness (QED) is 0.464. The van der Waals surface area contributed by atoms with E-state index in [1.165, 1.54) is 0 Å². The van der Waals surface area contributed by atoms with E-state index < -0.39 is 0 Å². The van der Waals surface area contributed by atoms with Crippen molar-refractivity contribution in [1.29, 1.82) is 0 Å². The number of rotatable bonds is 10. The molecule has 114 valence electrons. The molecule has 0 spiro atoms. The van der Waals surface area contributed by atoms with E-state index >= 15 is 0 Å². The molecule has 1 aromatic rings. The third-order valence-electron chi connectivity index (χ3n) is 2.59. The average Bonchev–Trinajstić information content (AvgIpc) is 2.44. The molecule has 0 bridgehead atoms. The van der Waals surface area contributed by atoms with Gasteiger partial charge in [0, 0.05) is 23.6 Å². The maximum atomic E-state index is 5.80. The Morgan fingerprint density at radius 3 is 2.55 bits per heavy atom. The molecule has 3 nitrogen and oxygen atoms in total. The smallest absolute Gasteiger partial charge is 0.127 e. The summed E-state index contributed by atoms with van der Waals surface area (Å²) in [5.41, 5.74) is 1.12. The van der Waals surface area contributed by atoms with Crippen molar-refractivity contribution in [3.05, 3.63) is 23.8 Å². The van der Waals surface area contributed by atoms with E-state index in [1.807, 2.05) is 18.2 Å². The van der Waals surface area contributed by atoms with Gasteiger partial charge in [-0.3, -0.25) is 0 Å². The largest absolute Gasteiger partial charge is 0.493 e. The lowest BCUT2D eigenvalue weighted by atomic mass is 10.2. The maximum absolute atomic E-state index is 5.80. The predicted molar refractivity (Wildman–Crippen MR) is 86.0 cm³/mol. The van der Waals surface area contributed by atoms with Crippen LogP contribution in [0.1, 0.15) is 32.8 Å². The predicted octanol–water partition coefficient (Wildman–Crippen LogP) is 4.42. The molecule has 0 unspecified atom stereocenters. The van der Waals surface area contributed by atoms with Gasteiger partial charge in [0.15, 0.2) is 0 Å². The van der Waals surface area contributed by atoms with Gasteiger partial charge in [0.2, 0.25) is 0 Å². The first kappa shape index (κ1) is 17.3. The lowest BCUT2D eigenvalue weighted by Gasteiger charge is -2.13. The van der Waals surface area contributed by atoms with E-state index in [-0.39, 0.29) is 0 Å². The summed E-state index contributed by atoms with van der Waals surface area (Å²) in [6, 6.07) is 5.97. The summed E-state index contributed by atoms with van der Waals surface area (Å²) in [7, 11) is 0. The highest BCUT2D eigenvalue weighted by Gasteiger charge is 2.05. The fraction of sp³-hybridized carbons (Fsp3) is 0.625. The lowest BCUT2D eigenvalue weighted by Crippen LogP contribution is -2.11. The molecule has 0 saturated carbocycles. The Labute approximate surface area is 130 Å². The van der Waals surface area contributed by atoms with Crippen molar-refractivity contribution < 1.29 is 14.2 Å². The van der Waals surface area contributed by atoms with Gasteiger partial charge in [-0.15, -0.1) is 0 Å². The minimum absolute atomic E-state index is 0.555. The molecule has 0 heterocycles. The molecular weight excluding hydrogens is 320 g/mol. The summed E-state index contributed by atoms with van der Waals surface area (Å²) in [6.07, 6.45) is 0.999. The molecule has 0 atom stereocenters. The van der Waals surface area contributed by atoms with E-state index in [9.17, 15) is 0 Å². The second kappa shape index (κ2) is 10.1.